The normalized spacial score (nSPS) is 43.5. The van der Waals surface area contributed by atoms with Crippen LogP contribution in [0.25, 0.3) is 0 Å². The maximum absolute atomic E-state index is 13.1. The first-order valence-corrected chi connectivity index (χ1v) is 11.5. The molecule has 9 nitrogen and oxygen atoms in total. The molecule has 3 heterocycles. The Labute approximate surface area is 185 Å². The lowest BCUT2D eigenvalue weighted by atomic mass is 9.45. The summed E-state index contributed by atoms with van der Waals surface area (Å²) >= 11 is 0. The van der Waals surface area contributed by atoms with Gasteiger partial charge in [-0.3, -0.25) is 15.0 Å². The van der Waals surface area contributed by atoms with Gasteiger partial charge in [0.2, 0.25) is 0 Å². The van der Waals surface area contributed by atoms with Gasteiger partial charge in [0.1, 0.15) is 6.10 Å². The summed E-state index contributed by atoms with van der Waals surface area (Å²) in [5.41, 5.74) is -2.03. The van der Waals surface area contributed by atoms with E-state index in [0.29, 0.717) is 30.4 Å². The summed E-state index contributed by atoms with van der Waals surface area (Å²) in [4.78, 5) is 27.6. The Hall–Kier alpha value is -2.36. The molecular formula is C23H27N3O6. The molecule has 4 fully saturated rings. The summed E-state index contributed by atoms with van der Waals surface area (Å²) in [6.07, 6.45) is 1.78. The van der Waals surface area contributed by atoms with E-state index in [0.717, 1.165) is 17.7 Å². The zero-order chi connectivity index (χ0) is 22.0. The van der Waals surface area contributed by atoms with Crippen LogP contribution in [0, 0.1) is 5.92 Å². The molecule has 2 spiro atoms. The Bertz CT molecular complexity index is 1070. The van der Waals surface area contributed by atoms with Crippen LogP contribution in [0.5, 0.6) is 11.5 Å². The van der Waals surface area contributed by atoms with Gasteiger partial charge in [0.25, 0.3) is 5.91 Å². The Morgan fingerprint density at radius 3 is 2.75 bits per heavy atom. The van der Waals surface area contributed by atoms with Crippen molar-refractivity contribution in [2.75, 3.05) is 20.2 Å². The Balaban J connectivity index is 1.48. The Kier molecular flexibility index (Phi) is 3.44. The number of aliphatic hydroxyl groups is 2. The molecule has 0 aromatic heterocycles. The van der Waals surface area contributed by atoms with Gasteiger partial charge in [-0.25, -0.2) is 4.79 Å². The molecule has 0 radical (unpaired) electrons. The zero-order valence-electron chi connectivity index (χ0n) is 17.9. The molecule has 3 aliphatic heterocycles. The van der Waals surface area contributed by atoms with Crippen LogP contribution in [-0.2, 0) is 10.2 Å². The molecule has 32 heavy (non-hydrogen) atoms. The third kappa shape index (κ3) is 1.94. The fourth-order valence-corrected chi connectivity index (χ4v) is 7.60. The number of piperidine rings is 1. The molecule has 3 aliphatic carbocycles. The number of hydrogen-bond donors (Lipinski definition) is 4. The molecule has 9 heteroatoms. The van der Waals surface area contributed by atoms with Gasteiger partial charge in [0.15, 0.2) is 17.0 Å². The average Bonchev–Trinajstić information content (AvgIpc) is 3.43. The molecule has 7 rings (SSSR count). The van der Waals surface area contributed by atoms with Gasteiger partial charge >= 0.3 is 6.03 Å². The molecule has 1 aromatic rings. The number of benzene rings is 1. The number of hydrogen-bond acceptors (Lipinski definition) is 7. The molecule has 6 aliphatic rings. The second-order valence-corrected chi connectivity index (χ2v) is 10.4. The van der Waals surface area contributed by atoms with Gasteiger partial charge in [-0.05, 0) is 56.2 Å². The number of ether oxygens (including phenoxy) is 2. The maximum atomic E-state index is 13.1. The van der Waals surface area contributed by atoms with Crippen molar-refractivity contribution >= 4 is 11.9 Å². The number of aliphatic hydroxyl groups excluding tert-OH is 1. The predicted octanol–water partition coefficient (Wildman–Crippen LogP) is 0.328. The summed E-state index contributed by atoms with van der Waals surface area (Å²) in [5.74, 6) is 1.16. The molecule has 1 aromatic carbocycles. The van der Waals surface area contributed by atoms with Crippen LogP contribution in [0.15, 0.2) is 12.1 Å². The topological polar surface area (TPSA) is 120 Å². The number of carbonyl (C=O) groups excluding carboxylic acids is 2. The molecule has 2 bridgehead atoms. The van der Waals surface area contributed by atoms with E-state index in [1.54, 1.807) is 13.2 Å². The van der Waals surface area contributed by atoms with E-state index >= 15 is 0 Å². The monoisotopic (exact) mass is 441 g/mol. The summed E-state index contributed by atoms with van der Waals surface area (Å²) in [7, 11) is 1.55. The van der Waals surface area contributed by atoms with E-state index in [2.05, 4.69) is 15.5 Å². The number of imide groups is 1. The lowest BCUT2D eigenvalue weighted by Gasteiger charge is -2.66. The van der Waals surface area contributed by atoms with Gasteiger partial charge in [-0.2, -0.15) is 0 Å². The van der Waals surface area contributed by atoms with Crippen LogP contribution >= 0.6 is 0 Å². The number of rotatable bonds is 3. The summed E-state index contributed by atoms with van der Waals surface area (Å²) in [6.45, 7) is 1.54. The highest BCUT2D eigenvalue weighted by Gasteiger charge is 2.79. The van der Waals surface area contributed by atoms with Gasteiger partial charge < -0.3 is 25.0 Å². The van der Waals surface area contributed by atoms with Gasteiger partial charge in [-0.15, -0.1) is 0 Å². The average molecular weight is 441 g/mol. The summed E-state index contributed by atoms with van der Waals surface area (Å²) in [6, 6.07) is 2.60. The number of nitrogens with zero attached hydrogens (tertiary/aromatic N) is 1. The first-order chi connectivity index (χ1) is 15.4. The molecule has 6 atom stereocenters. The standard InChI is InChI=1S/C23H27N3O6/c1-31-13-5-4-12-14-16(13)32-18-21(14)8-9-26(10-11-2-3-11)17(15(12)27)23(21,30)7-6-22(18)19(28)24-20(29)25-22/h4-5,11,15,17-18,27,30H,2-3,6-10H2,1H3,(H2,24,25,28,29)/t15-,17-,18-,21?,22+,23-/m1/s1. The summed E-state index contributed by atoms with van der Waals surface area (Å²) in [5, 5.41) is 29.3. The van der Waals surface area contributed by atoms with Gasteiger partial charge in [0.05, 0.1) is 30.3 Å². The SMILES string of the molecule is COc1ccc2c3c1O[C@@H]1C34CCN(CC3CC3)[C@H]([C@@H]2O)[C@]4(O)CC[C@]12NC(=O)NC2=O. The molecule has 2 saturated heterocycles. The predicted molar refractivity (Wildman–Crippen MR) is 110 cm³/mol. The maximum Gasteiger partial charge on any atom is 0.322 e. The quantitative estimate of drug-likeness (QED) is 0.499. The van der Waals surface area contributed by atoms with Gasteiger partial charge in [-0.1, -0.05) is 6.07 Å². The number of urea groups is 1. The van der Waals surface area contributed by atoms with Crippen LogP contribution < -0.4 is 20.1 Å². The van der Waals surface area contributed by atoms with Crippen molar-refractivity contribution in [2.24, 2.45) is 5.92 Å². The van der Waals surface area contributed by atoms with Crippen molar-refractivity contribution in [1.29, 1.82) is 0 Å². The van der Waals surface area contributed by atoms with Crippen molar-refractivity contribution < 1.29 is 29.3 Å². The number of amides is 3. The first kappa shape index (κ1) is 19.1. The van der Waals surface area contributed by atoms with E-state index in [9.17, 15) is 19.8 Å². The van der Waals surface area contributed by atoms with E-state index < -0.39 is 46.7 Å². The van der Waals surface area contributed by atoms with Crippen LogP contribution in [-0.4, -0.2) is 70.5 Å². The fourth-order valence-electron chi connectivity index (χ4n) is 7.60. The van der Waals surface area contributed by atoms with Crippen LogP contribution in [0.3, 0.4) is 0 Å². The lowest BCUT2D eigenvalue weighted by molar-refractivity contribution is -0.225. The third-order valence-corrected chi connectivity index (χ3v) is 9.08. The first-order valence-electron chi connectivity index (χ1n) is 11.5. The summed E-state index contributed by atoms with van der Waals surface area (Å²) < 4.78 is 12.1. The number of nitrogens with one attached hydrogen (secondary N) is 2. The van der Waals surface area contributed by atoms with Crippen molar-refractivity contribution in [2.45, 2.75) is 66.9 Å². The van der Waals surface area contributed by atoms with Gasteiger partial charge in [0, 0.05) is 12.1 Å². The fraction of sp³-hybridized carbons (Fsp3) is 0.652. The second kappa shape index (κ2) is 5.76. The third-order valence-electron chi connectivity index (χ3n) is 9.08. The van der Waals surface area contributed by atoms with Crippen molar-refractivity contribution in [3.63, 3.8) is 0 Å². The highest BCUT2D eigenvalue weighted by atomic mass is 16.5. The molecule has 3 amide bonds. The van der Waals surface area contributed by atoms with Crippen LogP contribution in [0.2, 0.25) is 0 Å². The van der Waals surface area contributed by atoms with E-state index in [1.807, 2.05) is 6.07 Å². The zero-order valence-corrected chi connectivity index (χ0v) is 17.9. The number of fused-ring (bicyclic) bond motifs is 1. The van der Waals surface area contributed by atoms with E-state index in [1.165, 1.54) is 12.8 Å². The molecule has 4 N–H and O–H groups in total. The molecule has 170 valence electrons. The lowest BCUT2D eigenvalue weighted by Crippen LogP contribution is -2.82. The number of carbonyl (C=O) groups is 2. The Morgan fingerprint density at radius 2 is 2.06 bits per heavy atom. The van der Waals surface area contributed by atoms with Crippen molar-refractivity contribution in [1.82, 2.24) is 15.5 Å². The smallest absolute Gasteiger partial charge is 0.322 e. The minimum absolute atomic E-state index is 0.236. The number of methoxy groups -OCH3 is 1. The molecule has 1 unspecified atom stereocenters. The van der Waals surface area contributed by atoms with Crippen molar-refractivity contribution in [3.8, 4) is 11.5 Å². The number of likely N-dealkylation sites (tertiary alicyclic amines) is 1. The largest absolute Gasteiger partial charge is 0.493 e. The van der Waals surface area contributed by atoms with Crippen LogP contribution in [0.4, 0.5) is 4.79 Å². The minimum atomic E-state index is -1.30. The highest BCUT2D eigenvalue weighted by molar-refractivity contribution is 6.08. The van der Waals surface area contributed by atoms with Crippen molar-refractivity contribution in [3.05, 3.63) is 23.3 Å². The van der Waals surface area contributed by atoms with Crippen LogP contribution in [0.1, 0.15) is 49.3 Å². The second-order valence-electron chi connectivity index (χ2n) is 10.4. The highest BCUT2D eigenvalue weighted by Crippen LogP contribution is 2.69. The Morgan fingerprint density at radius 1 is 1.25 bits per heavy atom. The minimum Gasteiger partial charge on any atom is -0.493 e. The molecular weight excluding hydrogens is 414 g/mol. The molecule has 2 saturated carbocycles. The van der Waals surface area contributed by atoms with E-state index in [-0.39, 0.29) is 12.8 Å². The van der Waals surface area contributed by atoms with E-state index in [4.69, 9.17) is 9.47 Å².